The molecule has 0 aromatic heterocycles. The van der Waals surface area contributed by atoms with E-state index in [0.717, 1.165) is 5.69 Å². The Kier molecular flexibility index (Phi) is 4.60. The summed E-state index contributed by atoms with van der Waals surface area (Å²) in [6.45, 7) is 2.45. The predicted octanol–water partition coefficient (Wildman–Crippen LogP) is 2.45. The number of fused-ring (bicyclic) bond motifs is 2. The van der Waals surface area contributed by atoms with Gasteiger partial charge in [0.25, 0.3) is 5.91 Å². The zero-order valence-corrected chi connectivity index (χ0v) is 15.2. The van der Waals surface area contributed by atoms with Crippen LogP contribution in [0.2, 0.25) is 0 Å². The zero-order chi connectivity index (χ0) is 18.8. The van der Waals surface area contributed by atoms with Crippen molar-refractivity contribution < 1.29 is 14.9 Å². The first kappa shape index (κ1) is 17.2. The molecular weight excluding hydrogens is 338 g/mol. The van der Waals surface area contributed by atoms with Crippen molar-refractivity contribution >= 4 is 34.0 Å². The quantitative estimate of drug-likeness (QED) is 0.751. The molecule has 5 heteroatoms. The third-order valence-corrected chi connectivity index (χ3v) is 5.03. The second kappa shape index (κ2) is 7.21. The number of rotatable bonds is 4. The van der Waals surface area contributed by atoms with Crippen LogP contribution in [0, 0.1) is 0 Å². The van der Waals surface area contributed by atoms with Crippen molar-refractivity contribution in [3.8, 4) is 0 Å². The van der Waals surface area contributed by atoms with E-state index in [1.54, 1.807) is 4.90 Å². The second-order valence-corrected chi connectivity index (χ2v) is 6.84. The summed E-state index contributed by atoms with van der Waals surface area (Å²) in [5.74, 6) is -0.228. The van der Waals surface area contributed by atoms with E-state index in [1.807, 2.05) is 41.7 Å². The summed E-state index contributed by atoms with van der Waals surface area (Å²) >= 11 is 0. The molecule has 136 valence electrons. The highest BCUT2D eigenvalue weighted by Gasteiger charge is 2.27. The maximum Gasteiger partial charge on any atom is 0.282 e. The summed E-state index contributed by atoms with van der Waals surface area (Å²) in [6.07, 6.45) is 0. The molecule has 2 amide bonds. The normalized spacial score (nSPS) is 14.6. The summed E-state index contributed by atoms with van der Waals surface area (Å²) < 4.78 is 0. The number of quaternary nitrogens is 1. The van der Waals surface area contributed by atoms with Crippen LogP contribution < -0.4 is 15.5 Å². The van der Waals surface area contributed by atoms with Gasteiger partial charge in [-0.1, -0.05) is 54.6 Å². The fourth-order valence-electron chi connectivity index (χ4n) is 3.62. The highest BCUT2D eigenvalue weighted by molar-refractivity contribution is 6.10. The van der Waals surface area contributed by atoms with Gasteiger partial charge >= 0.3 is 0 Å². The molecule has 1 heterocycles. The van der Waals surface area contributed by atoms with E-state index in [1.165, 1.54) is 16.3 Å². The van der Waals surface area contributed by atoms with Crippen LogP contribution in [0.4, 0.5) is 11.4 Å². The van der Waals surface area contributed by atoms with Crippen LogP contribution in [0.15, 0.2) is 66.7 Å². The number of carbonyl (C=O) groups is 2. The van der Waals surface area contributed by atoms with Gasteiger partial charge in [-0.25, -0.2) is 0 Å². The van der Waals surface area contributed by atoms with Gasteiger partial charge in [-0.2, -0.15) is 0 Å². The lowest BCUT2D eigenvalue weighted by atomic mass is 10.00. The van der Waals surface area contributed by atoms with Crippen LogP contribution in [-0.4, -0.2) is 24.9 Å². The topological polar surface area (TPSA) is 66.0 Å². The number of nitrogens with two attached hydrogens (primary N) is 1. The van der Waals surface area contributed by atoms with Crippen LogP contribution in [-0.2, 0) is 9.59 Å². The number of anilines is 2. The molecule has 27 heavy (non-hydrogen) atoms. The Bertz CT molecular complexity index is 1010. The lowest BCUT2D eigenvalue weighted by molar-refractivity contribution is -0.682. The maximum atomic E-state index is 12.8. The van der Waals surface area contributed by atoms with Gasteiger partial charge in [-0.3, -0.25) is 14.5 Å². The Morgan fingerprint density at radius 1 is 1.07 bits per heavy atom. The van der Waals surface area contributed by atoms with E-state index in [0.29, 0.717) is 5.69 Å². The lowest BCUT2D eigenvalue weighted by Gasteiger charge is -2.28. The number of hydrogen-bond acceptors (Lipinski definition) is 2. The Hall–Kier alpha value is -3.18. The highest BCUT2D eigenvalue weighted by Crippen LogP contribution is 2.28. The van der Waals surface area contributed by atoms with Crippen molar-refractivity contribution in [2.24, 2.45) is 0 Å². The number of benzene rings is 3. The molecule has 0 radical (unpaired) electrons. The van der Waals surface area contributed by atoms with Gasteiger partial charge in [0.1, 0.15) is 12.6 Å². The monoisotopic (exact) mass is 360 g/mol. The average molecular weight is 360 g/mol. The number of carbonyl (C=O) groups excluding carboxylic acids is 2. The van der Waals surface area contributed by atoms with Gasteiger partial charge in [0.15, 0.2) is 6.54 Å². The summed E-state index contributed by atoms with van der Waals surface area (Å²) in [6, 6.07) is 22.1. The fraction of sp³-hybridized carbons (Fsp3) is 0.182. The van der Waals surface area contributed by atoms with Crippen molar-refractivity contribution in [2.75, 3.05) is 23.3 Å². The standard InChI is InChI=1S/C22H21N3O2/c1-15(17-10-6-8-16-7-2-3-9-18(16)17)23-13-22(27)25-14-21(26)24-19-11-4-5-12-20(19)25/h2-12,15,23H,13-14H2,1H3,(H,24,26)/p+1/t15-/m0/s1. The minimum atomic E-state index is -0.163. The van der Waals surface area contributed by atoms with Crippen LogP contribution in [0.1, 0.15) is 18.5 Å². The van der Waals surface area contributed by atoms with Gasteiger partial charge < -0.3 is 10.6 Å². The first-order valence-corrected chi connectivity index (χ1v) is 9.14. The Morgan fingerprint density at radius 2 is 1.81 bits per heavy atom. The van der Waals surface area contributed by atoms with E-state index in [9.17, 15) is 9.59 Å². The molecule has 0 spiro atoms. The first-order valence-electron chi connectivity index (χ1n) is 9.14. The fourth-order valence-corrected chi connectivity index (χ4v) is 3.62. The number of amides is 2. The van der Waals surface area contributed by atoms with Crippen LogP contribution in [0.5, 0.6) is 0 Å². The Morgan fingerprint density at radius 3 is 2.70 bits per heavy atom. The molecule has 3 aromatic rings. The lowest BCUT2D eigenvalue weighted by Crippen LogP contribution is -2.87. The Labute approximate surface area is 158 Å². The molecule has 0 unspecified atom stereocenters. The molecule has 3 N–H and O–H groups in total. The molecule has 1 aliphatic rings. The van der Waals surface area contributed by atoms with E-state index in [2.05, 4.69) is 42.6 Å². The third-order valence-electron chi connectivity index (χ3n) is 5.03. The minimum Gasteiger partial charge on any atom is -0.332 e. The Balaban J connectivity index is 1.50. The van der Waals surface area contributed by atoms with Gasteiger partial charge in [-0.05, 0) is 29.8 Å². The van der Waals surface area contributed by atoms with Gasteiger partial charge in [0, 0.05) is 5.56 Å². The van der Waals surface area contributed by atoms with Crippen LogP contribution >= 0.6 is 0 Å². The summed E-state index contributed by atoms with van der Waals surface area (Å²) in [5.41, 5.74) is 2.65. The maximum absolute atomic E-state index is 12.8. The molecule has 4 rings (SSSR count). The van der Waals surface area contributed by atoms with Crippen molar-refractivity contribution in [1.82, 2.24) is 0 Å². The van der Waals surface area contributed by atoms with E-state index < -0.39 is 0 Å². The number of nitrogens with one attached hydrogen (secondary N) is 1. The SMILES string of the molecule is C[C@H]([NH2+]CC(=O)N1CC(=O)Nc2ccccc21)c1cccc2ccccc12. The van der Waals surface area contributed by atoms with Gasteiger partial charge in [0.05, 0.1) is 11.4 Å². The molecule has 0 bridgehead atoms. The smallest absolute Gasteiger partial charge is 0.282 e. The zero-order valence-electron chi connectivity index (χ0n) is 15.2. The van der Waals surface area contributed by atoms with Crippen LogP contribution in [0.3, 0.4) is 0 Å². The molecule has 1 aliphatic heterocycles. The van der Waals surface area contributed by atoms with Crippen molar-refractivity contribution in [3.63, 3.8) is 0 Å². The molecule has 1 atom stereocenters. The van der Waals surface area contributed by atoms with Crippen molar-refractivity contribution in [2.45, 2.75) is 13.0 Å². The minimum absolute atomic E-state index is 0.0618. The molecule has 0 fully saturated rings. The summed E-state index contributed by atoms with van der Waals surface area (Å²) in [7, 11) is 0. The summed E-state index contributed by atoms with van der Waals surface area (Å²) in [4.78, 5) is 26.3. The molecule has 0 saturated carbocycles. The molecule has 0 aliphatic carbocycles. The number of nitrogens with zero attached hydrogens (tertiary/aromatic N) is 1. The number of hydrogen-bond donors (Lipinski definition) is 2. The predicted molar refractivity (Wildman–Crippen MR) is 107 cm³/mol. The van der Waals surface area contributed by atoms with E-state index in [4.69, 9.17) is 0 Å². The third kappa shape index (κ3) is 3.41. The molecule has 5 nitrogen and oxygen atoms in total. The summed E-state index contributed by atoms with van der Waals surface area (Å²) in [5, 5.41) is 7.24. The first-order chi connectivity index (χ1) is 13.1. The molecule has 3 aromatic carbocycles. The van der Waals surface area contributed by atoms with Crippen LogP contribution in [0.25, 0.3) is 10.8 Å². The largest absolute Gasteiger partial charge is 0.332 e. The molecule has 0 saturated heterocycles. The van der Waals surface area contributed by atoms with E-state index >= 15 is 0 Å². The van der Waals surface area contributed by atoms with Crippen molar-refractivity contribution in [1.29, 1.82) is 0 Å². The second-order valence-electron chi connectivity index (χ2n) is 6.84. The van der Waals surface area contributed by atoms with Gasteiger partial charge in [-0.15, -0.1) is 0 Å². The average Bonchev–Trinajstić information content (AvgIpc) is 2.70. The van der Waals surface area contributed by atoms with Crippen molar-refractivity contribution in [3.05, 3.63) is 72.3 Å². The van der Waals surface area contributed by atoms with Gasteiger partial charge in [0.2, 0.25) is 5.91 Å². The highest BCUT2D eigenvalue weighted by atomic mass is 16.2. The number of para-hydroxylation sites is 2. The van der Waals surface area contributed by atoms with E-state index in [-0.39, 0.29) is 30.9 Å². The molecular formula is C22H22N3O2+.